The molecule has 3 aromatic rings. The second kappa shape index (κ2) is 9.63. The largest absolute Gasteiger partial charge is 0.368 e. The first-order chi connectivity index (χ1) is 16.5. The van der Waals surface area contributed by atoms with Crippen molar-refractivity contribution in [3.63, 3.8) is 0 Å². The molecule has 0 saturated carbocycles. The summed E-state index contributed by atoms with van der Waals surface area (Å²) in [5, 5.41) is 0.691. The number of halogens is 1. The summed E-state index contributed by atoms with van der Waals surface area (Å²) in [5.74, 6) is 0.956. The lowest BCUT2D eigenvalue weighted by molar-refractivity contribution is 0.0740. The minimum Gasteiger partial charge on any atom is -0.368 e. The molecule has 7 heteroatoms. The van der Waals surface area contributed by atoms with Crippen molar-refractivity contribution in [3.8, 4) is 11.4 Å². The minimum absolute atomic E-state index is 0.0254. The Hall–Kier alpha value is -3.12. The van der Waals surface area contributed by atoms with Crippen LogP contribution in [0.15, 0.2) is 48.5 Å². The number of nitrogens with zero attached hydrogens (tertiary/aromatic N) is 4. The molecule has 0 radical (unpaired) electrons. The number of carbonyl (C=O) groups excluding carboxylic acids is 2. The molecule has 0 aliphatic carbocycles. The van der Waals surface area contributed by atoms with Gasteiger partial charge in [0.25, 0.3) is 5.91 Å². The minimum atomic E-state index is 0.0254. The third kappa shape index (κ3) is 4.47. The highest BCUT2D eigenvalue weighted by Gasteiger charge is 2.29. The molecule has 0 N–H and O–H groups in total. The third-order valence-electron chi connectivity index (χ3n) is 6.88. The van der Waals surface area contributed by atoms with E-state index in [1.165, 1.54) is 0 Å². The SMILES string of the molecule is CC(=O)c1ccc(N2CCN(C(=O)c3nc(-c4ccc(Cl)cc4)n4c3CCCCC4)CC2)cc1. The van der Waals surface area contributed by atoms with Gasteiger partial charge in [-0.25, -0.2) is 4.98 Å². The van der Waals surface area contributed by atoms with Crippen LogP contribution in [0, 0.1) is 0 Å². The number of hydrogen-bond donors (Lipinski definition) is 0. The number of imidazole rings is 1. The molecule has 2 aliphatic heterocycles. The van der Waals surface area contributed by atoms with E-state index in [0.29, 0.717) is 23.8 Å². The monoisotopic (exact) mass is 476 g/mol. The molecule has 1 saturated heterocycles. The molecular formula is C27H29ClN4O2. The van der Waals surface area contributed by atoms with Gasteiger partial charge in [0, 0.05) is 54.6 Å². The molecule has 0 spiro atoms. The molecule has 0 unspecified atom stereocenters. The second-order valence-electron chi connectivity index (χ2n) is 9.08. The van der Waals surface area contributed by atoms with Crippen LogP contribution in [0.25, 0.3) is 11.4 Å². The van der Waals surface area contributed by atoms with E-state index in [0.717, 1.165) is 73.7 Å². The van der Waals surface area contributed by atoms with Gasteiger partial charge in [-0.1, -0.05) is 18.0 Å². The van der Waals surface area contributed by atoms with Crippen molar-refractivity contribution in [2.24, 2.45) is 0 Å². The summed E-state index contributed by atoms with van der Waals surface area (Å²) < 4.78 is 2.25. The number of ketones is 1. The lowest BCUT2D eigenvalue weighted by atomic mass is 10.1. The molecule has 34 heavy (non-hydrogen) atoms. The van der Waals surface area contributed by atoms with Crippen molar-refractivity contribution in [2.45, 2.75) is 39.2 Å². The molecule has 6 nitrogen and oxygen atoms in total. The van der Waals surface area contributed by atoms with Crippen LogP contribution in [-0.2, 0) is 13.0 Å². The lowest BCUT2D eigenvalue weighted by Gasteiger charge is -2.36. The zero-order valence-electron chi connectivity index (χ0n) is 19.5. The van der Waals surface area contributed by atoms with E-state index in [1.807, 2.05) is 53.4 Å². The predicted octanol–water partition coefficient (Wildman–Crippen LogP) is 5.09. The van der Waals surface area contributed by atoms with Crippen LogP contribution in [0.1, 0.15) is 52.7 Å². The summed E-state index contributed by atoms with van der Waals surface area (Å²) in [7, 11) is 0. The predicted molar refractivity (Wildman–Crippen MR) is 135 cm³/mol. The number of carbonyl (C=O) groups is 2. The first-order valence-electron chi connectivity index (χ1n) is 12.0. The number of aromatic nitrogens is 2. The summed E-state index contributed by atoms with van der Waals surface area (Å²) in [4.78, 5) is 34.3. The first kappa shape index (κ1) is 22.7. The molecule has 1 aromatic heterocycles. The van der Waals surface area contributed by atoms with E-state index in [2.05, 4.69) is 9.47 Å². The summed E-state index contributed by atoms with van der Waals surface area (Å²) in [6, 6.07) is 15.4. The third-order valence-corrected chi connectivity index (χ3v) is 7.13. The van der Waals surface area contributed by atoms with Gasteiger partial charge in [-0.15, -0.1) is 0 Å². The topological polar surface area (TPSA) is 58.4 Å². The quantitative estimate of drug-likeness (QED) is 0.492. The maximum Gasteiger partial charge on any atom is 0.274 e. The molecule has 1 amide bonds. The Morgan fingerprint density at radius 1 is 0.853 bits per heavy atom. The molecule has 1 fully saturated rings. The number of benzene rings is 2. The van der Waals surface area contributed by atoms with Gasteiger partial charge in [0.1, 0.15) is 11.5 Å². The number of amides is 1. The van der Waals surface area contributed by atoms with E-state index in [4.69, 9.17) is 16.6 Å². The highest BCUT2D eigenvalue weighted by molar-refractivity contribution is 6.30. The molecule has 176 valence electrons. The van der Waals surface area contributed by atoms with Crippen LogP contribution in [-0.4, -0.2) is 52.3 Å². The highest BCUT2D eigenvalue weighted by Crippen LogP contribution is 2.29. The van der Waals surface area contributed by atoms with Crippen LogP contribution in [0.2, 0.25) is 5.02 Å². The first-order valence-corrected chi connectivity index (χ1v) is 12.4. The number of hydrogen-bond acceptors (Lipinski definition) is 4. The van der Waals surface area contributed by atoms with Crippen molar-refractivity contribution in [3.05, 3.63) is 70.5 Å². The second-order valence-corrected chi connectivity index (χ2v) is 9.52. The average molecular weight is 477 g/mol. The Kier molecular flexibility index (Phi) is 6.42. The standard InChI is InChI=1S/C27H29ClN4O2/c1-19(33)20-8-12-23(13-9-20)30-15-17-31(18-16-30)27(34)25-24-5-3-2-4-14-32(24)26(29-25)21-6-10-22(28)11-7-21/h6-13H,2-5,14-18H2,1H3. The highest BCUT2D eigenvalue weighted by atomic mass is 35.5. The Morgan fingerprint density at radius 2 is 1.56 bits per heavy atom. The lowest BCUT2D eigenvalue weighted by Crippen LogP contribution is -2.49. The summed E-state index contributed by atoms with van der Waals surface area (Å²) >= 11 is 6.10. The van der Waals surface area contributed by atoms with Crippen molar-refractivity contribution in [1.82, 2.24) is 14.5 Å². The van der Waals surface area contributed by atoms with Gasteiger partial charge in [0.15, 0.2) is 5.78 Å². The van der Waals surface area contributed by atoms with E-state index < -0.39 is 0 Å². The number of piperazine rings is 1. The van der Waals surface area contributed by atoms with Crippen LogP contribution in [0.3, 0.4) is 0 Å². The van der Waals surface area contributed by atoms with Gasteiger partial charge in [-0.3, -0.25) is 9.59 Å². The fourth-order valence-corrected chi connectivity index (χ4v) is 5.06. The summed E-state index contributed by atoms with van der Waals surface area (Å²) in [6.07, 6.45) is 4.22. The maximum atomic E-state index is 13.6. The Balaban J connectivity index is 1.35. The van der Waals surface area contributed by atoms with Crippen LogP contribution in [0.5, 0.6) is 0 Å². The zero-order chi connectivity index (χ0) is 23.7. The summed E-state index contributed by atoms with van der Waals surface area (Å²) in [6.45, 7) is 5.27. The Labute approximate surface area is 205 Å². The molecular weight excluding hydrogens is 448 g/mol. The number of anilines is 1. The molecule has 0 bridgehead atoms. The fourth-order valence-electron chi connectivity index (χ4n) is 4.93. The van der Waals surface area contributed by atoms with Crippen molar-refractivity contribution < 1.29 is 9.59 Å². The van der Waals surface area contributed by atoms with E-state index in [9.17, 15) is 9.59 Å². The fraction of sp³-hybridized carbons (Fsp3) is 0.370. The zero-order valence-corrected chi connectivity index (χ0v) is 20.2. The van der Waals surface area contributed by atoms with Gasteiger partial charge >= 0.3 is 0 Å². The van der Waals surface area contributed by atoms with E-state index >= 15 is 0 Å². The van der Waals surface area contributed by atoms with Gasteiger partial charge in [0.05, 0.1) is 5.69 Å². The number of rotatable bonds is 4. The average Bonchev–Trinajstić information content (AvgIpc) is 3.05. The van der Waals surface area contributed by atoms with Gasteiger partial charge in [-0.05, 0) is 74.7 Å². The number of Topliss-reactive ketones (excluding diaryl/α,β-unsaturated/α-hetero) is 1. The summed E-state index contributed by atoms with van der Waals surface area (Å²) in [5.41, 5.74) is 4.46. The van der Waals surface area contributed by atoms with Crippen LogP contribution < -0.4 is 4.90 Å². The van der Waals surface area contributed by atoms with Gasteiger partial charge < -0.3 is 14.4 Å². The Bertz CT molecular complexity index is 1190. The van der Waals surface area contributed by atoms with Gasteiger partial charge in [0.2, 0.25) is 0 Å². The van der Waals surface area contributed by atoms with Crippen molar-refractivity contribution in [1.29, 1.82) is 0 Å². The van der Waals surface area contributed by atoms with Crippen molar-refractivity contribution in [2.75, 3.05) is 31.1 Å². The van der Waals surface area contributed by atoms with Crippen LogP contribution >= 0.6 is 11.6 Å². The molecule has 2 aromatic carbocycles. The van der Waals surface area contributed by atoms with Crippen LogP contribution in [0.4, 0.5) is 5.69 Å². The normalized spacial score (nSPS) is 16.2. The Morgan fingerprint density at radius 3 is 2.24 bits per heavy atom. The van der Waals surface area contributed by atoms with E-state index in [-0.39, 0.29) is 11.7 Å². The number of fused-ring (bicyclic) bond motifs is 1. The molecule has 0 atom stereocenters. The van der Waals surface area contributed by atoms with Gasteiger partial charge in [-0.2, -0.15) is 0 Å². The van der Waals surface area contributed by atoms with Crippen molar-refractivity contribution >= 4 is 29.0 Å². The maximum absolute atomic E-state index is 13.6. The molecule has 2 aliphatic rings. The van der Waals surface area contributed by atoms with E-state index in [1.54, 1.807) is 6.92 Å². The smallest absolute Gasteiger partial charge is 0.274 e. The molecule has 3 heterocycles. The molecule has 5 rings (SSSR count).